The minimum Gasteiger partial charge on any atom is -0.379 e. The molecule has 0 saturated carbocycles. The van der Waals surface area contributed by atoms with Gasteiger partial charge in [-0.1, -0.05) is 25.6 Å². The summed E-state index contributed by atoms with van der Waals surface area (Å²) in [6.45, 7) is 15.9. The van der Waals surface area contributed by atoms with Crippen LogP contribution in [0.15, 0.2) is 22.4 Å². The highest BCUT2D eigenvalue weighted by Gasteiger charge is 2.18. The van der Waals surface area contributed by atoms with Crippen molar-refractivity contribution in [3.05, 3.63) is 34.9 Å². The molecule has 4 rings (SSSR count). The van der Waals surface area contributed by atoms with E-state index in [2.05, 4.69) is 42.7 Å². The minimum atomic E-state index is -3.35. The molecule has 0 unspecified atom stereocenters. The van der Waals surface area contributed by atoms with Crippen LogP contribution in [-0.2, 0) is 32.4 Å². The normalized spacial score (nSPS) is 17.4. The molecule has 2 aromatic heterocycles. The molecule has 0 amide bonds. The SMILES string of the molecule is CCS(=O)(=O)c1nc(C)cc(CN2CCOCC2)n1.CCSc1nc(C)cc(CN2CCOCC2)n1. The fourth-order valence-corrected chi connectivity index (χ4v) is 5.26. The fraction of sp³-hybridized carbons (Fsp3) is 0.667. The van der Waals surface area contributed by atoms with Crippen molar-refractivity contribution in [3.8, 4) is 0 Å². The van der Waals surface area contributed by atoms with Crippen LogP contribution in [0.25, 0.3) is 0 Å². The summed E-state index contributed by atoms with van der Waals surface area (Å²) >= 11 is 1.70. The highest BCUT2D eigenvalue weighted by molar-refractivity contribution is 7.99. The van der Waals surface area contributed by atoms with E-state index in [9.17, 15) is 8.42 Å². The lowest BCUT2D eigenvalue weighted by Crippen LogP contribution is -2.36. The molecule has 4 heterocycles. The van der Waals surface area contributed by atoms with Gasteiger partial charge >= 0.3 is 0 Å². The van der Waals surface area contributed by atoms with Crippen LogP contribution in [0.5, 0.6) is 0 Å². The van der Waals surface area contributed by atoms with Crippen LogP contribution in [0, 0.1) is 13.8 Å². The van der Waals surface area contributed by atoms with E-state index < -0.39 is 9.84 Å². The summed E-state index contributed by atoms with van der Waals surface area (Å²) in [5.41, 5.74) is 3.61. The van der Waals surface area contributed by atoms with Crippen molar-refractivity contribution < 1.29 is 17.9 Å². The van der Waals surface area contributed by atoms with Gasteiger partial charge in [-0.2, -0.15) is 0 Å². The molecular weight excluding hydrogens is 500 g/mol. The first-order valence-corrected chi connectivity index (χ1v) is 15.1. The molecule has 10 nitrogen and oxygen atoms in total. The molecule has 2 aromatic rings. The topological polar surface area (TPSA) is 111 Å². The molecule has 200 valence electrons. The Labute approximate surface area is 219 Å². The molecule has 0 aromatic carbocycles. The smallest absolute Gasteiger partial charge is 0.247 e. The van der Waals surface area contributed by atoms with E-state index in [0.29, 0.717) is 25.5 Å². The first-order valence-electron chi connectivity index (χ1n) is 12.4. The lowest BCUT2D eigenvalue weighted by atomic mass is 10.3. The van der Waals surface area contributed by atoms with Gasteiger partial charge < -0.3 is 9.47 Å². The van der Waals surface area contributed by atoms with Gasteiger partial charge in [-0.05, 0) is 31.7 Å². The van der Waals surface area contributed by atoms with E-state index in [4.69, 9.17) is 9.47 Å². The van der Waals surface area contributed by atoms with Gasteiger partial charge in [0.15, 0.2) is 5.16 Å². The largest absolute Gasteiger partial charge is 0.379 e. The van der Waals surface area contributed by atoms with Gasteiger partial charge in [0, 0.05) is 50.7 Å². The molecule has 0 atom stereocenters. The number of nitrogens with zero attached hydrogens (tertiary/aromatic N) is 6. The van der Waals surface area contributed by atoms with Gasteiger partial charge in [0.25, 0.3) is 0 Å². The molecule has 12 heteroatoms. The summed E-state index contributed by atoms with van der Waals surface area (Å²) in [5, 5.41) is 0.842. The fourth-order valence-electron chi connectivity index (χ4n) is 3.81. The van der Waals surface area contributed by atoms with E-state index in [0.717, 1.165) is 73.9 Å². The number of aryl methyl sites for hydroxylation is 2. The Kier molecular flexibility index (Phi) is 11.5. The number of rotatable bonds is 8. The zero-order chi connectivity index (χ0) is 26.0. The van der Waals surface area contributed by atoms with Crippen molar-refractivity contribution in [2.75, 3.05) is 64.1 Å². The van der Waals surface area contributed by atoms with Crippen LogP contribution >= 0.6 is 11.8 Å². The molecule has 0 radical (unpaired) electrons. The Bertz CT molecular complexity index is 1070. The van der Waals surface area contributed by atoms with Crippen LogP contribution < -0.4 is 0 Å². The lowest BCUT2D eigenvalue weighted by Gasteiger charge is -2.26. The standard InChI is InChI=1S/C12H19N3O3S.C12H19N3OS/c1-3-19(16,17)12-13-10(2)8-11(14-12)9-15-4-6-18-7-5-15;1-3-17-12-13-10(2)8-11(14-12)9-15-4-6-16-7-5-15/h8H,3-7,9H2,1-2H3;8H,3-7,9H2,1-2H3. The second kappa shape index (κ2) is 14.3. The number of ether oxygens (including phenoxy) is 2. The zero-order valence-electron chi connectivity index (χ0n) is 21.8. The van der Waals surface area contributed by atoms with Crippen molar-refractivity contribution >= 4 is 21.6 Å². The van der Waals surface area contributed by atoms with E-state index in [1.54, 1.807) is 25.6 Å². The summed E-state index contributed by atoms with van der Waals surface area (Å²) < 4.78 is 34.3. The van der Waals surface area contributed by atoms with Crippen molar-refractivity contribution in [2.45, 2.75) is 51.1 Å². The average Bonchev–Trinajstić information content (AvgIpc) is 2.85. The van der Waals surface area contributed by atoms with Gasteiger partial charge in [0.05, 0.1) is 43.6 Å². The summed E-state index contributed by atoms with van der Waals surface area (Å²) in [5.74, 6) is 1.04. The van der Waals surface area contributed by atoms with Crippen molar-refractivity contribution in [2.24, 2.45) is 0 Å². The maximum atomic E-state index is 11.8. The second-order valence-corrected chi connectivity index (χ2v) is 12.1. The number of hydrogen-bond donors (Lipinski definition) is 0. The van der Waals surface area contributed by atoms with Gasteiger partial charge in [-0.15, -0.1) is 0 Å². The van der Waals surface area contributed by atoms with Gasteiger partial charge in [0.1, 0.15) is 0 Å². The summed E-state index contributed by atoms with van der Waals surface area (Å²) in [4.78, 5) is 21.8. The molecule has 0 spiro atoms. The Morgan fingerprint density at radius 3 is 1.81 bits per heavy atom. The van der Waals surface area contributed by atoms with Crippen LogP contribution in [0.4, 0.5) is 0 Å². The van der Waals surface area contributed by atoms with Crippen LogP contribution in [0.1, 0.15) is 36.6 Å². The summed E-state index contributed by atoms with van der Waals surface area (Å²) in [7, 11) is -3.35. The van der Waals surface area contributed by atoms with E-state index in [-0.39, 0.29) is 10.9 Å². The van der Waals surface area contributed by atoms with E-state index >= 15 is 0 Å². The number of sulfone groups is 1. The molecule has 2 aliphatic heterocycles. The Balaban J connectivity index is 0.000000202. The zero-order valence-corrected chi connectivity index (χ0v) is 23.4. The van der Waals surface area contributed by atoms with Crippen LogP contribution in [-0.4, -0.2) is 102 Å². The Hall–Kier alpha value is -1.70. The van der Waals surface area contributed by atoms with Gasteiger partial charge in [-0.3, -0.25) is 9.80 Å². The molecule has 2 fully saturated rings. The number of morpholine rings is 2. The number of hydrogen-bond acceptors (Lipinski definition) is 11. The predicted molar refractivity (Wildman–Crippen MR) is 140 cm³/mol. The number of thioether (sulfide) groups is 1. The lowest BCUT2D eigenvalue weighted by molar-refractivity contribution is 0.0334. The highest BCUT2D eigenvalue weighted by Crippen LogP contribution is 2.15. The Morgan fingerprint density at radius 2 is 1.31 bits per heavy atom. The third-order valence-corrected chi connectivity index (χ3v) is 7.91. The van der Waals surface area contributed by atoms with Gasteiger partial charge in [0.2, 0.25) is 15.0 Å². The average molecular weight is 539 g/mol. The van der Waals surface area contributed by atoms with E-state index in [1.807, 2.05) is 13.0 Å². The molecule has 2 saturated heterocycles. The second-order valence-electron chi connectivity index (χ2n) is 8.68. The first kappa shape index (κ1) is 28.9. The minimum absolute atomic E-state index is 0.0213. The maximum absolute atomic E-state index is 11.8. The molecule has 2 aliphatic rings. The summed E-state index contributed by atoms with van der Waals surface area (Å²) in [6.07, 6.45) is 0. The maximum Gasteiger partial charge on any atom is 0.247 e. The quantitative estimate of drug-likeness (QED) is 0.364. The number of aromatic nitrogens is 4. The third kappa shape index (κ3) is 9.31. The van der Waals surface area contributed by atoms with Gasteiger partial charge in [-0.25, -0.2) is 28.4 Å². The van der Waals surface area contributed by atoms with Crippen molar-refractivity contribution in [3.63, 3.8) is 0 Å². The third-order valence-electron chi connectivity index (χ3n) is 5.68. The molecule has 36 heavy (non-hydrogen) atoms. The first-order chi connectivity index (χ1) is 17.3. The van der Waals surface area contributed by atoms with Crippen LogP contribution in [0.3, 0.4) is 0 Å². The highest BCUT2D eigenvalue weighted by atomic mass is 32.2. The van der Waals surface area contributed by atoms with Crippen molar-refractivity contribution in [1.29, 1.82) is 0 Å². The monoisotopic (exact) mass is 538 g/mol. The molecular formula is C24H38N6O4S2. The predicted octanol–water partition coefficient (Wildman–Crippen LogP) is 2.14. The van der Waals surface area contributed by atoms with Crippen molar-refractivity contribution in [1.82, 2.24) is 29.7 Å². The molecule has 0 aliphatic carbocycles. The van der Waals surface area contributed by atoms with E-state index in [1.165, 1.54) is 0 Å². The van der Waals surface area contributed by atoms with Crippen LogP contribution in [0.2, 0.25) is 0 Å². The molecule has 0 bridgehead atoms. The molecule has 0 N–H and O–H groups in total. The Morgan fingerprint density at radius 1 is 0.806 bits per heavy atom. The summed E-state index contributed by atoms with van der Waals surface area (Å²) in [6, 6.07) is 3.92.